The Morgan fingerprint density at radius 1 is 0.887 bits per heavy atom. The molecule has 3 fully saturated rings. The summed E-state index contributed by atoms with van der Waals surface area (Å²) in [7, 11) is 4.82. The lowest BCUT2D eigenvalue weighted by Gasteiger charge is -2.48. The van der Waals surface area contributed by atoms with Crippen molar-refractivity contribution in [3.8, 4) is 0 Å². The number of ketones is 2. The summed E-state index contributed by atoms with van der Waals surface area (Å²) in [6.45, 7) is 18.1. The van der Waals surface area contributed by atoms with Gasteiger partial charge < -0.3 is 38.8 Å². The van der Waals surface area contributed by atoms with Gasteiger partial charge in [0.15, 0.2) is 0 Å². The average molecular weight is 872 g/mol. The van der Waals surface area contributed by atoms with Gasteiger partial charge in [-0.2, -0.15) is 0 Å². The van der Waals surface area contributed by atoms with E-state index in [-0.39, 0.29) is 48.0 Å². The summed E-state index contributed by atoms with van der Waals surface area (Å²) in [5.41, 5.74) is 0.310. The molecule has 3 aliphatic heterocycles. The van der Waals surface area contributed by atoms with Crippen LogP contribution in [0.1, 0.15) is 139 Å². The zero-order valence-corrected chi connectivity index (χ0v) is 40.0. The predicted molar refractivity (Wildman–Crippen MR) is 239 cm³/mol. The molecule has 1 saturated carbocycles. The maximum absolute atomic E-state index is 14.6. The van der Waals surface area contributed by atoms with E-state index in [2.05, 4.69) is 39.8 Å². The highest BCUT2D eigenvalue weighted by Crippen LogP contribution is 2.40. The number of fused-ring (bicyclic) bond motifs is 3. The molecule has 2 saturated heterocycles. The molecule has 4 aliphatic rings. The van der Waals surface area contributed by atoms with E-state index in [1.165, 1.54) is 4.90 Å². The number of aliphatic hydroxyl groups is 2. The monoisotopic (exact) mass is 872 g/mol. The molecule has 12 heteroatoms. The number of nitrogens with zero attached hydrogens (tertiary/aromatic N) is 1. The molecule has 2 bridgehead atoms. The summed E-state index contributed by atoms with van der Waals surface area (Å²) >= 11 is 0. The number of amides is 1. The second-order valence-corrected chi connectivity index (χ2v) is 20.6. The summed E-state index contributed by atoms with van der Waals surface area (Å²) in [4.78, 5) is 59.2. The van der Waals surface area contributed by atoms with Crippen molar-refractivity contribution in [2.24, 2.45) is 35.0 Å². The van der Waals surface area contributed by atoms with Crippen LogP contribution in [0.5, 0.6) is 0 Å². The third-order valence-electron chi connectivity index (χ3n) is 14.2. The lowest BCUT2D eigenvalue weighted by molar-refractivity contribution is -0.229. The van der Waals surface area contributed by atoms with Crippen molar-refractivity contribution >= 4 is 23.4 Å². The Bertz CT molecular complexity index is 1620. The van der Waals surface area contributed by atoms with Crippen LogP contribution in [0.25, 0.3) is 0 Å². The lowest BCUT2D eigenvalue weighted by Crippen LogP contribution is -2.63. The second-order valence-electron chi connectivity index (χ2n) is 20.6. The maximum atomic E-state index is 14.6. The molecule has 1 amide bonds. The van der Waals surface area contributed by atoms with Gasteiger partial charge in [-0.05, 0) is 120 Å². The Balaban J connectivity index is 1.80. The number of cyclic esters (lactones) is 1. The standard InChI is InChI=1S/C50H81NO11/c1-30-23-31(2)25-42(59-11)45-43(60-12)27-33(4)50(9,62-45)46(55)47(56)51-22-16-14-18-37(51)48(57)61-44(32(3)26-35-19-20-38(52)41(28-35)58-10)34(5)39(53)29-40(54)36(24-30)17-13-15-21-49(6,7)8/h13,15,24,26,31,33-39,41-45,52-53H,14,16-23,25,27-29H2,1-12H3/b15-13+,30-24+,32-26+/t31-,33+,34+,35-,36+,37-,38+,39-,41+,42-,43-,44+,45+,50+/m0/s1. The lowest BCUT2D eigenvalue weighted by atomic mass is 9.76. The van der Waals surface area contributed by atoms with Gasteiger partial charge in [-0.1, -0.05) is 71.4 Å². The van der Waals surface area contributed by atoms with E-state index in [0.29, 0.717) is 69.8 Å². The number of rotatable bonds is 8. The number of esters is 1. The molecule has 0 radical (unpaired) electrons. The van der Waals surface area contributed by atoms with Gasteiger partial charge in [-0.3, -0.25) is 14.4 Å². The van der Waals surface area contributed by atoms with E-state index in [1.807, 2.05) is 32.9 Å². The number of allylic oxidation sites excluding steroid dienone is 5. The average Bonchev–Trinajstić information content (AvgIpc) is 3.22. The Hall–Kier alpha value is -2.74. The van der Waals surface area contributed by atoms with Gasteiger partial charge in [0, 0.05) is 46.1 Å². The number of methoxy groups -OCH3 is 3. The molecule has 4 rings (SSSR count). The van der Waals surface area contributed by atoms with Gasteiger partial charge in [0.25, 0.3) is 11.7 Å². The topological polar surface area (TPSA) is 158 Å². The Labute approximate surface area is 372 Å². The summed E-state index contributed by atoms with van der Waals surface area (Å²) in [5, 5.41) is 22.4. The number of hydrogen-bond donors (Lipinski definition) is 2. The minimum Gasteiger partial charge on any atom is -0.456 e. The van der Waals surface area contributed by atoms with Crippen LogP contribution >= 0.6 is 0 Å². The molecule has 1 aliphatic carbocycles. The quantitative estimate of drug-likeness (QED) is 0.141. The second kappa shape index (κ2) is 22.9. The number of aliphatic hydroxyl groups excluding tert-OH is 2. The summed E-state index contributed by atoms with van der Waals surface area (Å²) < 4.78 is 30.8. The summed E-state index contributed by atoms with van der Waals surface area (Å²) in [6, 6.07) is -1.03. The van der Waals surface area contributed by atoms with Gasteiger partial charge in [0.1, 0.15) is 29.6 Å². The summed E-state index contributed by atoms with van der Waals surface area (Å²) in [6.07, 6.45) is 10.0. The fraction of sp³-hybridized carbons (Fsp3) is 0.800. The van der Waals surface area contributed by atoms with Crippen LogP contribution in [0.3, 0.4) is 0 Å². The number of piperidine rings is 1. The first-order chi connectivity index (χ1) is 29.1. The van der Waals surface area contributed by atoms with Gasteiger partial charge in [-0.15, -0.1) is 0 Å². The first-order valence-corrected chi connectivity index (χ1v) is 23.3. The van der Waals surface area contributed by atoms with Crippen molar-refractivity contribution in [1.29, 1.82) is 0 Å². The number of hydrogen-bond acceptors (Lipinski definition) is 11. The third-order valence-corrected chi connectivity index (χ3v) is 14.2. The van der Waals surface area contributed by atoms with Crippen molar-refractivity contribution in [3.63, 3.8) is 0 Å². The number of ether oxygens (including phenoxy) is 5. The molecular weight excluding hydrogens is 791 g/mol. The number of Topliss-reactive ketones (excluding diaryl/α,β-unsaturated/α-hetero) is 2. The molecule has 0 aromatic heterocycles. The minimum atomic E-state index is -1.51. The van der Waals surface area contributed by atoms with E-state index in [9.17, 15) is 29.4 Å². The van der Waals surface area contributed by atoms with Crippen LogP contribution in [0.2, 0.25) is 0 Å². The highest BCUT2D eigenvalue weighted by molar-refractivity contribution is 6.39. The summed E-state index contributed by atoms with van der Waals surface area (Å²) in [5.74, 6) is -3.76. The van der Waals surface area contributed by atoms with E-state index >= 15 is 0 Å². The van der Waals surface area contributed by atoms with Gasteiger partial charge in [0.05, 0.1) is 30.5 Å². The molecule has 12 nitrogen and oxygen atoms in total. The van der Waals surface area contributed by atoms with Gasteiger partial charge >= 0.3 is 5.97 Å². The van der Waals surface area contributed by atoms with Crippen LogP contribution < -0.4 is 0 Å². The Morgan fingerprint density at radius 2 is 1.55 bits per heavy atom. The molecule has 0 unspecified atom stereocenters. The zero-order valence-electron chi connectivity index (χ0n) is 40.0. The fourth-order valence-electron chi connectivity index (χ4n) is 10.1. The number of carbonyl (C=O) groups excluding carboxylic acids is 4. The normalized spacial score (nSPS) is 39.1. The van der Waals surface area contributed by atoms with Crippen LogP contribution in [-0.4, -0.2) is 121 Å². The first kappa shape index (κ1) is 51.9. The van der Waals surface area contributed by atoms with Gasteiger partial charge in [0.2, 0.25) is 0 Å². The van der Waals surface area contributed by atoms with Crippen LogP contribution in [0, 0.1) is 35.0 Å². The van der Waals surface area contributed by atoms with Crippen molar-refractivity contribution in [1.82, 2.24) is 4.90 Å². The van der Waals surface area contributed by atoms with Crippen molar-refractivity contribution in [2.75, 3.05) is 27.9 Å². The molecule has 2 N–H and O–H groups in total. The number of carbonyl (C=O) groups is 4. The SMILES string of the molecule is CO[C@H]1C[C@@H](C)C/C(C)=C/[C@@H](C/C=C/CC(C)(C)C)C(=O)C[C@H](O)[C@@H](C)[C@@H](/C(C)=C/[C@@H]2CC[C@@H](O)[C@H](OC)C2)OC(=O)[C@@H]2CCCCN2C(=O)C(=O)[C@]2(C)O[C@H]1[C@@H](OC)C[C@H]2C. The smallest absolute Gasteiger partial charge is 0.329 e. The largest absolute Gasteiger partial charge is 0.456 e. The molecule has 0 spiro atoms. The molecule has 352 valence electrons. The fourth-order valence-corrected chi connectivity index (χ4v) is 10.1. The molecule has 0 aromatic rings. The Kier molecular flexibility index (Phi) is 19.2. The highest BCUT2D eigenvalue weighted by Gasteiger charge is 2.54. The van der Waals surface area contributed by atoms with E-state index < -0.39 is 77.8 Å². The Morgan fingerprint density at radius 3 is 2.19 bits per heavy atom. The van der Waals surface area contributed by atoms with Crippen LogP contribution in [0.15, 0.2) is 35.5 Å². The minimum absolute atomic E-state index is 0.0146. The van der Waals surface area contributed by atoms with Crippen molar-refractivity contribution < 1.29 is 53.1 Å². The molecule has 0 aromatic carbocycles. The van der Waals surface area contributed by atoms with Gasteiger partial charge in [-0.25, -0.2) is 4.79 Å². The van der Waals surface area contributed by atoms with E-state index in [1.54, 1.807) is 35.2 Å². The maximum Gasteiger partial charge on any atom is 0.329 e. The highest BCUT2D eigenvalue weighted by atomic mass is 16.6. The van der Waals surface area contributed by atoms with Crippen LogP contribution in [-0.2, 0) is 42.9 Å². The first-order valence-electron chi connectivity index (χ1n) is 23.3. The molecular formula is C50H81NO11. The van der Waals surface area contributed by atoms with E-state index in [0.717, 1.165) is 12.0 Å². The predicted octanol–water partition coefficient (Wildman–Crippen LogP) is 7.52. The molecule has 3 heterocycles. The molecule has 62 heavy (non-hydrogen) atoms. The van der Waals surface area contributed by atoms with Crippen LogP contribution in [0.4, 0.5) is 0 Å². The van der Waals surface area contributed by atoms with Crippen molar-refractivity contribution in [2.45, 2.75) is 194 Å². The zero-order chi connectivity index (χ0) is 46.1. The van der Waals surface area contributed by atoms with E-state index in [4.69, 9.17) is 23.7 Å². The molecule has 14 atom stereocenters. The van der Waals surface area contributed by atoms with Crippen molar-refractivity contribution in [3.05, 3.63) is 35.5 Å². The third kappa shape index (κ3) is 13.4.